The van der Waals surface area contributed by atoms with Crippen LogP contribution < -0.4 is 0 Å². The van der Waals surface area contributed by atoms with Gasteiger partial charge in [0.15, 0.2) is 0 Å². The van der Waals surface area contributed by atoms with Gasteiger partial charge in [-0.1, -0.05) is 6.08 Å². The Kier molecular flexibility index (Phi) is 45.4. The smallest absolute Gasteiger partial charge is 0.0203 e. The quantitative estimate of drug-likeness (QED) is 0.392. The summed E-state index contributed by atoms with van der Waals surface area (Å²) in [5, 5.41) is 0. The van der Waals surface area contributed by atoms with Crippen LogP contribution in [-0.4, -0.2) is 6.16 Å². The Morgan fingerprint density at radius 3 is 1.67 bits per heavy atom. The number of allylic oxidation sites excluding steroid dienone is 1. The maximum absolute atomic E-state index is 3.46. The molecule has 0 nitrogen and oxygen atoms in total. The molecule has 0 aromatic heterocycles. The maximum Gasteiger partial charge on any atom is -0.0203 e. The Hall–Kier alpha value is 0.750. The minimum absolute atomic E-state index is 0. The molecule has 1 unspecified atom stereocenters. The van der Waals surface area contributed by atoms with Crippen LogP contribution in [0, 0.1) is 0 Å². The molecule has 0 aliphatic carbocycles. The molecule has 0 spiro atoms. The Bertz CT molecular complexity index is 22.8. The van der Waals surface area contributed by atoms with Crippen molar-refractivity contribution in [2.45, 2.75) is 0 Å². The molecule has 3 heteroatoms. The minimum Gasteiger partial charge on any atom is -0.147 e. The van der Waals surface area contributed by atoms with Crippen LogP contribution in [0.2, 0.25) is 0 Å². The highest BCUT2D eigenvalue weighted by molar-refractivity contribution is 7.16. The van der Waals surface area contributed by atoms with Gasteiger partial charge in [0.2, 0.25) is 0 Å². The molecule has 0 amide bonds. The summed E-state index contributed by atoms with van der Waals surface area (Å²) in [6.45, 7) is 3.46. The number of hydrogen-bond acceptors (Lipinski definition) is 0. The summed E-state index contributed by atoms with van der Waals surface area (Å²) in [5.41, 5.74) is 0. The van der Waals surface area contributed by atoms with Crippen LogP contribution in [0.25, 0.3) is 0 Å². The van der Waals surface area contributed by atoms with Crippen molar-refractivity contribution < 1.29 is 0 Å². The van der Waals surface area contributed by atoms with E-state index in [0.29, 0.717) is 0 Å². The first-order chi connectivity index (χ1) is 1.91. The predicted octanol–water partition coefficient (Wildman–Crippen LogP) is 1.89. The number of halogens is 2. The average molecular weight is 147 g/mol. The van der Waals surface area contributed by atoms with Crippen molar-refractivity contribution >= 4 is 34.1 Å². The molecule has 0 fully saturated rings. The van der Waals surface area contributed by atoms with Crippen molar-refractivity contribution in [3.63, 3.8) is 0 Å². The molecule has 0 saturated heterocycles. The van der Waals surface area contributed by atoms with Gasteiger partial charge in [-0.3, -0.25) is 0 Å². The topological polar surface area (TPSA) is 0 Å². The van der Waals surface area contributed by atoms with E-state index in [-0.39, 0.29) is 24.8 Å². The summed E-state index contributed by atoms with van der Waals surface area (Å²) in [7, 11) is 2.54. The zero-order valence-electron chi connectivity index (χ0n) is 3.39. The molecule has 0 heterocycles. The fraction of sp³-hybridized carbons (Fsp3) is 0.333. The van der Waals surface area contributed by atoms with Crippen molar-refractivity contribution in [2.75, 3.05) is 6.16 Å². The van der Waals surface area contributed by atoms with Crippen LogP contribution in [0.4, 0.5) is 0 Å². The molecule has 0 aliphatic heterocycles. The minimum atomic E-state index is 0. The highest BCUT2D eigenvalue weighted by Gasteiger charge is 1.44. The Labute approximate surface area is 53.4 Å². The molecule has 0 radical (unpaired) electrons. The lowest BCUT2D eigenvalue weighted by molar-refractivity contribution is 1.83. The second kappa shape index (κ2) is 17.2. The molecule has 0 aliphatic rings. The molecule has 0 rings (SSSR count). The zero-order valence-corrected chi connectivity index (χ0v) is 6.17. The summed E-state index contributed by atoms with van der Waals surface area (Å²) < 4.78 is 0. The lowest BCUT2D eigenvalue weighted by Gasteiger charge is -1.58. The van der Waals surface area contributed by atoms with E-state index in [0.717, 1.165) is 6.16 Å². The lowest BCUT2D eigenvalue weighted by atomic mass is 10.8. The molecule has 0 aromatic carbocycles. The first-order valence-corrected chi connectivity index (χ1v) is 2.04. The SMILES string of the molecule is C=CCP.Cl.Cl. The third kappa shape index (κ3) is 21.8. The van der Waals surface area contributed by atoms with Crippen LogP contribution in [0.5, 0.6) is 0 Å². The first-order valence-electron chi connectivity index (χ1n) is 1.22. The average Bonchev–Trinajstić information content (AvgIpc) is 1.37. The summed E-state index contributed by atoms with van der Waals surface area (Å²) in [4.78, 5) is 0. The first kappa shape index (κ1) is 15.9. The van der Waals surface area contributed by atoms with Crippen LogP contribution in [0.1, 0.15) is 0 Å². The van der Waals surface area contributed by atoms with E-state index in [4.69, 9.17) is 0 Å². The third-order valence-corrected chi connectivity index (χ3v) is 0.500. The second-order valence-corrected chi connectivity index (χ2v) is 0.996. The summed E-state index contributed by atoms with van der Waals surface area (Å²) in [5.74, 6) is 0. The van der Waals surface area contributed by atoms with Gasteiger partial charge in [0.05, 0.1) is 0 Å². The van der Waals surface area contributed by atoms with E-state index < -0.39 is 0 Å². The fourth-order valence-electron chi connectivity index (χ4n) is 0. The van der Waals surface area contributed by atoms with Gasteiger partial charge in [0.1, 0.15) is 0 Å². The Balaban J connectivity index is -0.0000000450. The molecule has 0 aromatic rings. The van der Waals surface area contributed by atoms with E-state index in [1.54, 1.807) is 0 Å². The van der Waals surface area contributed by atoms with Gasteiger partial charge in [-0.15, -0.1) is 40.6 Å². The van der Waals surface area contributed by atoms with Crippen LogP contribution in [0.15, 0.2) is 12.7 Å². The largest absolute Gasteiger partial charge is 0.147 e. The number of hydrogen-bond donors (Lipinski definition) is 0. The standard InChI is InChI=1S/C3H7P.2ClH/c1-2-3-4;;/h2H,1,3-4H2;2*1H. The van der Waals surface area contributed by atoms with Crippen molar-refractivity contribution in [1.29, 1.82) is 0 Å². The van der Waals surface area contributed by atoms with Gasteiger partial charge in [0.25, 0.3) is 0 Å². The monoisotopic (exact) mass is 146 g/mol. The van der Waals surface area contributed by atoms with Crippen molar-refractivity contribution in [1.82, 2.24) is 0 Å². The van der Waals surface area contributed by atoms with Gasteiger partial charge < -0.3 is 0 Å². The Morgan fingerprint density at radius 1 is 1.50 bits per heavy atom. The fourth-order valence-corrected chi connectivity index (χ4v) is 0. The number of rotatable bonds is 1. The lowest BCUT2D eigenvalue weighted by Crippen LogP contribution is -1.43. The van der Waals surface area contributed by atoms with Gasteiger partial charge in [-0.25, -0.2) is 0 Å². The van der Waals surface area contributed by atoms with Crippen molar-refractivity contribution in [3.05, 3.63) is 12.7 Å². The molecule has 6 heavy (non-hydrogen) atoms. The highest BCUT2D eigenvalue weighted by atomic mass is 35.5. The second-order valence-electron chi connectivity index (χ2n) is 0.524. The van der Waals surface area contributed by atoms with E-state index in [2.05, 4.69) is 15.8 Å². The normalized spacial score (nSPS) is 4.17. The zero-order chi connectivity index (χ0) is 3.41. The van der Waals surface area contributed by atoms with E-state index in [1.807, 2.05) is 6.08 Å². The van der Waals surface area contributed by atoms with Crippen LogP contribution >= 0.6 is 34.1 Å². The van der Waals surface area contributed by atoms with Gasteiger partial charge in [0, 0.05) is 0 Å². The van der Waals surface area contributed by atoms with Gasteiger partial charge >= 0.3 is 0 Å². The molecule has 0 saturated carbocycles. The third-order valence-electron chi connectivity index (χ3n) is 0.167. The Morgan fingerprint density at radius 2 is 1.67 bits per heavy atom. The molecule has 40 valence electrons. The molecular weight excluding hydrogens is 138 g/mol. The van der Waals surface area contributed by atoms with Gasteiger partial charge in [-0.2, -0.15) is 0 Å². The maximum atomic E-state index is 3.46. The van der Waals surface area contributed by atoms with Crippen LogP contribution in [0.3, 0.4) is 0 Å². The van der Waals surface area contributed by atoms with E-state index in [1.165, 1.54) is 0 Å². The van der Waals surface area contributed by atoms with Gasteiger partial charge in [-0.05, 0) is 6.16 Å². The summed E-state index contributed by atoms with van der Waals surface area (Å²) >= 11 is 0. The van der Waals surface area contributed by atoms with E-state index in [9.17, 15) is 0 Å². The van der Waals surface area contributed by atoms with Crippen molar-refractivity contribution in [3.8, 4) is 0 Å². The molecule has 1 atom stereocenters. The van der Waals surface area contributed by atoms with E-state index >= 15 is 0 Å². The van der Waals surface area contributed by atoms with Crippen molar-refractivity contribution in [2.24, 2.45) is 0 Å². The van der Waals surface area contributed by atoms with Crippen LogP contribution in [-0.2, 0) is 0 Å². The summed E-state index contributed by atoms with van der Waals surface area (Å²) in [6.07, 6.45) is 2.84. The molecule has 0 bridgehead atoms. The molecule has 0 N–H and O–H groups in total. The summed E-state index contributed by atoms with van der Waals surface area (Å²) in [6, 6.07) is 0. The molecular formula is C3H9Cl2P. The highest BCUT2D eigenvalue weighted by Crippen LogP contribution is 1.74. The predicted molar refractivity (Wildman–Crippen MR) is 39.3 cm³/mol.